The van der Waals surface area contributed by atoms with Crippen LogP contribution in [0.15, 0.2) is 11.6 Å². The maximum Gasteiger partial charge on any atom is 0.315 e. The van der Waals surface area contributed by atoms with Crippen LogP contribution < -0.4 is 10.6 Å². The SMILES string of the molecule is C[C@@H]1CCC[C@H](NC(=O)N[C@@H](c2nccs2)C2CC2)C1. The van der Waals surface area contributed by atoms with E-state index in [9.17, 15) is 4.79 Å². The molecule has 2 saturated carbocycles. The van der Waals surface area contributed by atoms with E-state index in [0.717, 1.165) is 23.8 Å². The van der Waals surface area contributed by atoms with Crippen molar-refractivity contribution in [3.63, 3.8) is 0 Å². The second-order valence-electron chi connectivity index (χ2n) is 6.27. The van der Waals surface area contributed by atoms with Gasteiger partial charge in [0.1, 0.15) is 5.01 Å². The van der Waals surface area contributed by atoms with Crippen LogP contribution in [-0.2, 0) is 0 Å². The third-order valence-corrected chi connectivity index (χ3v) is 5.23. The lowest BCUT2D eigenvalue weighted by Crippen LogP contribution is -2.45. The molecule has 110 valence electrons. The minimum Gasteiger partial charge on any atom is -0.335 e. The van der Waals surface area contributed by atoms with Crippen LogP contribution >= 0.6 is 11.3 Å². The Labute approximate surface area is 124 Å². The van der Waals surface area contributed by atoms with Gasteiger partial charge in [0.15, 0.2) is 0 Å². The zero-order valence-electron chi connectivity index (χ0n) is 12.0. The first-order chi connectivity index (χ1) is 9.72. The minimum atomic E-state index is -0.0174. The standard InChI is InChI=1S/C15H23N3OS/c1-10-3-2-4-12(9-10)17-15(19)18-13(11-5-6-11)14-16-7-8-20-14/h7-8,10-13H,2-6,9H2,1H3,(H2,17,18,19)/t10-,12+,13-/m1/s1. The lowest BCUT2D eigenvalue weighted by atomic mass is 9.87. The monoisotopic (exact) mass is 293 g/mol. The third-order valence-electron chi connectivity index (χ3n) is 4.37. The van der Waals surface area contributed by atoms with E-state index in [1.54, 1.807) is 11.3 Å². The number of aromatic nitrogens is 1. The Hall–Kier alpha value is -1.10. The number of carbonyl (C=O) groups is 1. The number of amides is 2. The summed E-state index contributed by atoms with van der Waals surface area (Å²) < 4.78 is 0. The van der Waals surface area contributed by atoms with Crippen LogP contribution in [0.3, 0.4) is 0 Å². The van der Waals surface area contributed by atoms with Gasteiger partial charge in [-0.2, -0.15) is 0 Å². The molecule has 2 amide bonds. The van der Waals surface area contributed by atoms with E-state index in [4.69, 9.17) is 0 Å². The number of nitrogens with zero attached hydrogens (tertiary/aromatic N) is 1. The van der Waals surface area contributed by atoms with Crippen molar-refractivity contribution in [3.8, 4) is 0 Å². The molecule has 1 aromatic heterocycles. The average molecular weight is 293 g/mol. The molecule has 0 aliphatic heterocycles. The molecule has 2 N–H and O–H groups in total. The van der Waals surface area contributed by atoms with Crippen LogP contribution in [-0.4, -0.2) is 17.1 Å². The summed E-state index contributed by atoms with van der Waals surface area (Å²) >= 11 is 1.63. The molecule has 0 bridgehead atoms. The summed E-state index contributed by atoms with van der Waals surface area (Å²) in [4.78, 5) is 16.6. The first-order valence-corrected chi connectivity index (χ1v) is 8.56. The van der Waals surface area contributed by atoms with Crippen LogP contribution in [0.2, 0.25) is 0 Å². The van der Waals surface area contributed by atoms with Crippen LogP contribution in [0.1, 0.15) is 56.5 Å². The molecule has 1 aromatic rings. The van der Waals surface area contributed by atoms with Crippen molar-refractivity contribution in [1.82, 2.24) is 15.6 Å². The van der Waals surface area contributed by atoms with Gasteiger partial charge in [0, 0.05) is 17.6 Å². The van der Waals surface area contributed by atoms with Gasteiger partial charge in [0.2, 0.25) is 0 Å². The van der Waals surface area contributed by atoms with Gasteiger partial charge in [-0.15, -0.1) is 11.3 Å². The molecular formula is C15H23N3OS. The highest BCUT2D eigenvalue weighted by Gasteiger charge is 2.35. The van der Waals surface area contributed by atoms with E-state index < -0.39 is 0 Å². The van der Waals surface area contributed by atoms with Crippen LogP contribution in [0.25, 0.3) is 0 Å². The largest absolute Gasteiger partial charge is 0.335 e. The van der Waals surface area contributed by atoms with E-state index in [0.29, 0.717) is 12.0 Å². The molecule has 0 saturated heterocycles. The van der Waals surface area contributed by atoms with E-state index in [1.807, 2.05) is 11.6 Å². The van der Waals surface area contributed by atoms with E-state index >= 15 is 0 Å². The quantitative estimate of drug-likeness (QED) is 0.893. The van der Waals surface area contributed by atoms with Gasteiger partial charge in [-0.1, -0.05) is 19.8 Å². The highest BCUT2D eigenvalue weighted by molar-refractivity contribution is 7.09. The highest BCUT2D eigenvalue weighted by Crippen LogP contribution is 2.41. The van der Waals surface area contributed by atoms with Crippen molar-refractivity contribution in [2.75, 3.05) is 0 Å². The van der Waals surface area contributed by atoms with Crippen LogP contribution in [0.4, 0.5) is 4.79 Å². The maximum absolute atomic E-state index is 12.2. The smallest absolute Gasteiger partial charge is 0.315 e. The minimum absolute atomic E-state index is 0.0174. The lowest BCUT2D eigenvalue weighted by molar-refractivity contribution is 0.222. The Morgan fingerprint density at radius 2 is 2.25 bits per heavy atom. The predicted octanol–water partition coefficient (Wildman–Crippen LogP) is 3.47. The number of rotatable bonds is 4. The third kappa shape index (κ3) is 3.51. The molecule has 0 aromatic carbocycles. The highest BCUT2D eigenvalue weighted by atomic mass is 32.1. The van der Waals surface area contributed by atoms with Crippen molar-refractivity contribution in [1.29, 1.82) is 0 Å². The molecule has 1 heterocycles. The molecule has 3 atom stereocenters. The summed E-state index contributed by atoms with van der Waals surface area (Å²) in [6.07, 6.45) is 8.96. The summed E-state index contributed by atoms with van der Waals surface area (Å²) in [6, 6.07) is 0.433. The molecule has 2 fully saturated rings. The molecule has 20 heavy (non-hydrogen) atoms. The second-order valence-corrected chi connectivity index (χ2v) is 7.20. The van der Waals surface area contributed by atoms with Crippen molar-refractivity contribution in [3.05, 3.63) is 16.6 Å². The average Bonchev–Trinajstić information content (AvgIpc) is 3.10. The van der Waals surface area contributed by atoms with Crippen molar-refractivity contribution in [2.45, 2.75) is 57.5 Å². The van der Waals surface area contributed by atoms with Gasteiger partial charge in [-0.05, 0) is 37.5 Å². The molecule has 4 nitrogen and oxygen atoms in total. The number of nitrogens with one attached hydrogen (secondary N) is 2. The molecule has 0 spiro atoms. The molecule has 5 heteroatoms. The van der Waals surface area contributed by atoms with Gasteiger partial charge in [-0.3, -0.25) is 0 Å². The van der Waals surface area contributed by atoms with Gasteiger partial charge >= 0.3 is 6.03 Å². The van der Waals surface area contributed by atoms with Crippen molar-refractivity contribution < 1.29 is 4.79 Å². The van der Waals surface area contributed by atoms with Crippen molar-refractivity contribution in [2.24, 2.45) is 11.8 Å². The van der Waals surface area contributed by atoms with Gasteiger partial charge in [0.25, 0.3) is 0 Å². The zero-order valence-corrected chi connectivity index (χ0v) is 12.8. The normalized spacial score (nSPS) is 27.9. The fourth-order valence-electron chi connectivity index (χ4n) is 3.13. The lowest BCUT2D eigenvalue weighted by Gasteiger charge is -2.28. The first kappa shape index (κ1) is 13.9. The summed E-state index contributed by atoms with van der Waals surface area (Å²) in [5, 5.41) is 9.31. The summed E-state index contributed by atoms with van der Waals surface area (Å²) in [7, 11) is 0. The Kier molecular flexibility index (Phi) is 4.24. The molecule has 0 radical (unpaired) electrons. The Balaban J connectivity index is 1.54. The van der Waals surface area contributed by atoms with E-state index in [2.05, 4.69) is 22.5 Å². The fourth-order valence-corrected chi connectivity index (χ4v) is 3.91. The fraction of sp³-hybridized carbons (Fsp3) is 0.733. The molecule has 0 unspecified atom stereocenters. The van der Waals surface area contributed by atoms with Crippen LogP contribution in [0.5, 0.6) is 0 Å². The van der Waals surface area contributed by atoms with Gasteiger partial charge in [-0.25, -0.2) is 9.78 Å². The second kappa shape index (κ2) is 6.12. The van der Waals surface area contributed by atoms with Gasteiger partial charge in [0.05, 0.1) is 6.04 Å². The Bertz CT molecular complexity index is 444. The number of hydrogen-bond donors (Lipinski definition) is 2. The first-order valence-electron chi connectivity index (χ1n) is 7.69. The molecule has 2 aliphatic rings. The number of carbonyl (C=O) groups excluding carboxylic acids is 1. The summed E-state index contributed by atoms with van der Waals surface area (Å²) in [5.41, 5.74) is 0. The maximum atomic E-state index is 12.2. The zero-order chi connectivity index (χ0) is 13.9. The number of thiazole rings is 1. The van der Waals surface area contributed by atoms with Crippen LogP contribution in [0, 0.1) is 11.8 Å². The Morgan fingerprint density at radius 1 is 1.40 bits per heavy atom. The number of hydrogen-bond acceptors (Lipinski definition) is 3. The molecule has 3 rings (SSSR count). The number of urea groups is 1. The molecular weight excluding hydrogens is 270 g/mol. The summed E-state index contributed by atoms with van der Waals surface area (Å²) in [6.45, 7) is 2.27. The topological polar surface area (TPSA) is 54.0 Å². The predicted molar refractivity (Wildman–Crippen MR) is 80.7 cm³/mol. The van der Waals surface area contributed by atoms with Crippen molar-refractivity contribution >= 4 is 17.4 Å². The molecule has 2 aliphatic carbocycles. The van der Waals surface area contributed by atoms with E-state index in [1.165, 1.54) is 25.7 Å². The Morgan fingerprint density at radius 3 is 2.90 bits per heavy atom. The van der Waals surface area contributed by atoms with E-state index in [-0.39, 0.29) is 12.1 Å². The summed E-state index contributed by atoms with van der Waals surface area (Å²) in [5.74, 6) is 1.31. The van der Waals surface area contributed by atoms with Gasteiger partial charge < -0.3 is 10.6 Å².